The molecular weight excluding hydrogens is 300 g/mol. The van der Waals surface area contributed by atoms with Gasteiger partial charge in [-0.2, -0.15) is 5.10 Å². The van der Waals surface area contributed by atoms with Gasteiger partial charge in [-0.15, -0.1) is 0 Å². The monoisotopic (exact) mass is 326 g/mol. The van der Waals surface area contributed by atoms with E-state index in [9.17, 15) is 0 Å². The average Bonchev–Trinajstić information content (AvgIpc) is 3.05. The maximum absolute atomic E-state index is 5.59. The molecule has 2 aliphatic heterocycles. The third kappa shape index (κ3) is 3.47. The quantitative estimate of drug-likeness (QED) is 0.868. The summed E-state index contributed by atoms with van der Waals surface area (Å²) in [7, 11) is 0. The van der Waals surface area contributed by atoms with Gasteiger partial charge < -0.3 is 9.64 Å². The number of benzene rings is 1. The predicted octanol–water partition coefficient (Wildman–Crippen LogP) is 2.56. The van der Waals surface area contributed by atoms with Crippen LogP contribution in [0.5, 0.6) is 0 Å². The predicted molar refractivity (Wildman–Crippen MR) is 95.8 cm³/mol. The molecule has 24 heavy (non-hydrogen) atoms. The van der Waals surface area contributed by atoms with Crippen LogP contribution >= 0.6 is 0 Å². The van der Waals surface area contributed by atoms with Gasteiger partial charge in [-0.3, -0.25) is 4.90 Å². The van der Waals surface area contributed by atoms with Crippen LogP contribution in [0.1, 0.15) is 19.3 Å². The molecule has 0 spiro atoms. The summed E-state index contributed by atoms with van der Waals surface area (Å²) < 4.78 is 7.52. The van der Waals surface area contributed by atoms with Crippen LogP contribution in [0.3, 0.4) is 0 Å². The minimum atomic E-state index is 0.720. The summed E-state index contributed by atoms with van der Waals surface area (Å²) in [5.41, 5.74) is 2.44. The normalized spacial score (nSPS) is 20.9. The van der Waals surface area contributed by atoms with Gasteiger partial charge in [-0.05, 0) is 43.5 Å². The Kier molecular flexibility index (Phi) is 4.81. The molecule has 2 saturated heterocycles. The smallest absolute Gasteiger partial charge is 0.0666 e. The van der Waals surface area contributed by atoms with Gasteiger partial charge in [0.05, 0.1) is 12.3 Å². The molecule has 0 bridgehead atoms. The molecule has 5 nitrogen and oxygen atoms in total. The largest absolute Gasteiger partial charge is 0.380 e. The highest BCUT2D eigenvalue weighted by Gasteiger charge is 2.25. The van der Waals surface area contributed by atoms with Gasteiger partial charge >= 0.3 is 0 Å². The number of anilines is 1. The first kappa shape index (κ1) is 15.7. The van der Waals surface area contributed by atoms with Crippen LogP contribution < -0.4 is 4.90 Å². The zero-order valence-corrected chi connectivity index (χ0v) is 14.2. The van der Waals surface area contributed by atoms with Gasteiger partial charge in [0.15, 0.2) is 0 Å². The lowest BCUT2D eigenvalue weighted by molar-refractivity contribution is 0.125. The fraction of sp³-hybridized carbons (Fsp3) is 0.526. The maximum atomic E-state index is 5.59. The fourth-order valence-corrected chi connectivity index (χ4v) is 3.87. The van der Waals surface area contributed by atoms with Crippen molar-refractivity contribution in [2.75, 3.05) is 44.3 Å². The standard InChI is InChI=1S/C19H26N4O/c1-4-18(16-19(5-1)23-10-2-8-20-23)22-11-6-17(7-12-22)21-9-3-14-24-15-13-21/h1-2,4-5,8,10,16-17H,3,6-7,9,11-15H2. The molecule has 3 heterocycles. The van der Waals surface area contributed by atoms with E-state index in [-0.39, 0.29) is 0 Å². The van der Waals surface area contributed by atoms with Crippen molar-refractivity contribution in [3.8, 4) is 5.69 Å². The minimum absolute atomic E-state index is 0.720. The Balaban J connectivity index is 1.40. The van der Waals surface area contributed by atoms with E-state index in [1.54, 1.807) is 0 Å². The van der Waals surface area contributed by atoms with Crippen molar-refractivity contribution < 1.29 is 4.74 Å². The van der Waals surface area contributed by atoms with Crippen LogP contribution in [0, 0.1) is 0 Å². The second-order valence-electron chi connectivity index (χ2n) is 6.69. The van der Waals surface area contributed by atoms with Gasteiger partial charge in [0, 0.05) is 56.9 Å². The highest BCUT2D eigenvalue weighted by Crippen LogP contribution is 2.25. The zero-order valence-electron chi connectivity index (χ0n) is 14.2. The topological polar surface area (TPSA) is 33.5 Å². The van der Waals surface area contributed by atoms with Crippen LogP contribution in [-0.2, 0) is 4.74 Å². The van der Waals surface area contributed by atoms with Crippen molar-refractivity contribution in [2.24, 2.45) is 0 Å². The summed E-state index contributed by atoms with van der Waals surface area (Å²) in [6, 6.07) is 11.4. The second-order valence-corrected chi connectivity index (χ2v) is 6.69. The summed E-state index contributed by atoms with van der Waals surface area (Å²) in [6.45, 7) is 6.37. The van der Waals surface area contributed by atoms with Crippen molar-refractivity contribution in [3.05, 3.63) is 42.7 Å². The van der Waals surface area contributed by atoms with Crippen LogP contribution in [0.25, 0.3) is 5.69 Å². The third-order valence-electron chi connectivity index (χ3n) is 5.20. The van der Waals surface area contributed by atoms with E-state index in [1.165, 1.54) is 31.5 Å². The van der Waals surface area contributed by atoms with E-state index in [0.29, 0.717) is 0 Å². The highest BCUT2D eigenvalue weighted by molar-refractivity contribution is 5.53. The van der Waals surface area contributed by atoms with Gasteiger partial charge in [0.2, 0.25) is 0 Å². The zero-order chi connectivity index (χ0) is 16.2. The molecule has 0 N–H and O–H groups in total. The number of nitrogens with zero attached hydrogens (tertiary/aromatic N) is 4. The van der Waals surface area contributed by atoms with Gasteiger partial charge in [-0.25, -0.2) is 4.68 Å². The van der Waals surface area contributed by atoms with E-state index < -0.39 is 0 Å². The number of ether oxygens (including phenoxy) is 1. The van der Waals surface area contributed by atoms with Crippen molar-refractivity contribution in [2.45, 2.75) is 25.3 Å². The van der Waals surface area contributed by atoms with Gasteiger partial charge in [0.1, 0.15) is 0 Å². The lowest BCUT2D eigenvalue weighted by atomic mass is 10.0. The molecule has 2 fully saturated rings. The fourth-order valence-electron chi connectivity index (χ4n) is 3.87. The van der Waals surface area contributed by atoms with Crippen LogP contribution in [0.15, 0.2) is 42.7 Å². The lowest BCUT2D eigenvalue weighted by Crippen LogP contribution is -2.45. The Hall–Kier alpha value is -1.85. The number of piperidine rings is 1. The Morgan fingerprint density at radius 2 is 1.83 bits per heavy atom. The summed E-state index contributed by atoms with van der Waals surface area (Å²) in [4.78, 5) is 5.16. The molecule has 0 amide bonds. The summed E-state index contributed by atoms with van der Waals surface area (Å²) >= 11 is 0. The van der Waals surface area contributed by atoms with Crippen molar-refractivity contribution in [1.29, 1.82) is 0 Å². The molecule has 0 radical (unpaired) electrons. The molecule has 0 atom stereocenters. The molecule has 0 saturated carbocycles. The van der Waals surface area contributed by atoms with E-state index in [4.69, 9.17) is 4.74 Å². The van der Waals surface area contributed by atoms with Crippen LogP contribution in [-0.4, -0.2) is 60.1 Å². The average molecular weight is 326 g/mol. The molecule has 1 aromatic carbocycles. The first-order valence-corrected chi connectivity index (χ1v) is 9.07. The Morgan fingerprint density at radius 1 is 0.958 bits per heavy atom. The Labute approximate surface area is 143 Å². The molecule has 0 aliphatic carbocycles. The van der Waals surface area contributed by atoms with Crippen LogP contribution in [0.2, 0.25) is 0 Å². The summed E-state index contributed by atoms with van der Waals surface area (Å²) in [5.74, 6) is 0. The molecule has 2 aromatic rings. The molecule has 2 aliphatic rings. The number of aromatic nitrogens is 2. The van der Waals surface area contributed by atoms with E-state index in [2.05, 4.69) is 39.2 Å². The van der Waals surface area contributed by atoms with Gasteiger partial charge in [-0.1, -0.05) is 6.07 Å². The molecular formula is C19H26N4O. The molecule has 1 aromatic heterocycles. The first-order valence-electron chi connectivity index (χ1n) is 9.07. The Bertz CT molecular complexity index is 627. The van der Waals surface area contributed by atoms with Crippen molar-refractivity contribution in [3.63, 3.8) is 0 Å². The first-order chi connectivity index (χ1) is 11.9. The molecule has 4 rings (SSSR count). The summed E-state index contributed by atoms with van der Waals surface area (Å²) in [5, 5.41) is 4.33. The van der Waals surface area contributed by atoms with E-state index in [0.717, 1.165) is 44.6 Å². The molecule has 128 valence electrons. The van der Waals surface area contributed by atoms with Crippen molar-refractivity contribution in [1.82, 2.24) is 14.7 Å². The third-order valence-corrected chi connectivity index (χ3v) is 5.20. The van der Waals surface area contributed by atoms with Crippen molar-refractivity contribution >= 4 is 5.69 Å². The van der Waals surface area contributed by atoms with E-state index in [1.807, 2.05) is 23.1 Å². The van der Waals surface area contributed by atoms with Crippen LogP contribution in [0.4, 0.5) is 5.69 Å². The summed E-state index contributed by atoms with van der Waals surface area (Å²) in [6.07, 6.45) is 7.47. The maximum Gasteiger partial charge on any atom is 0.0666 e. The van der Waals surface area contributed by atoms with Gasteiger partial charge in [0.25, 0.3) is 0 Å². The number of hydrogen-bond acceptors (Lipinski definition) is 4. The second kappa shape index (κ2) is 7.36. The SMILES string of the molecule is c1cc(N2CCC(N3CCCOCC3)CC2)cc(-n2cccn2)c1. The minimum Gasteiger partial charge on any atom is -0.380 e. The van der Waals surface area contributed by atoms with E-state index >= 15 is 0 Å². The molecule has 5 heteroatoms. The number of hydrogen-bond donors (Lipinski definition) is 0. The molecule has 0 unspecified atom stereocenters. The highest BCUT2D eigenvalue weighted by atomic mass is 16.5. The lowest BCUT2D eigenvalue weighted by Gasteiger charge is -2.39. The Morgan fingerprint density at radius 3 is 2.67 bits per heavy atom. The number of rotatable bonds is 3.